The molecule has 0 saturated carbocycles. The van der Waals surface area contributed by atoms with Crippen LogP contribution >= 0.6 is 0 Å². The molecule has 1 aliphatic rings. The van der Waals surface area contributed by atoms with Gasteiger partial charge in [0.1, 0.15) is 5.75 Å². The molecule has 0 amide bonds. The number of hydrogen-bond acceptors (Lipinski definition) is 5. The number of halogens is 1. The number of aromatic nitrogens is 3. The summed E-state index contributed by atoms with van der Waals surface area (Å²) in [5.74, 6) is 1.59. The van der Waals surface area contributed by atoms with Gasteiger partial charge in [0.25, 0.3) is 0 Å². The van der Waals surface area contributed by atoms with Gasteiger partial charge in [-0.1, -0.05) is 0 Å². The normalized spacial score (nSPS) is 15.8. The molecule has 1 aliphatic heterocycles. The van der Waals surface area contributed by atoms with E-state index in [0.717, 1.165) is 37.4 Å². The van der Waals surface area contributed by atoms with E-state index in [2.05, 4.69) is 19.9 Å². The first kappa shape index (κ1) is 14.7. The van der Waals surface area contributed by atoms with E-state index in [1.54, 1.807) is 6.20 Å². The van der Waals surface area contributed by atoms with Crippen LogP contribution in [0.15, 0.2) is 30.7 Å². The Bertz CT molecular complexity index is 612. The van der Waals surface area contributed by atoms with Crippen molar-refractivity contribution in [1.29, 1.82) is 0 Å². The summed E-state index contributed by atoms with van der Waals surface area (Å²) in [5, 5.41) is 0. The smallest absolute Gasteiger partial charge is 0.225 e. The number of anilines is 1. The van der Waals surface area contributed by atoms with Crippen molar-refractivity contribution in [3.05, 3.63) is 42.2 Å². The summed E-state index contributed by atoms with van der Waals surface area (Å²) in [6.07, 6.45) is 6.22. The third kappa shape index (κ3) is 3.69. The Labute approximate surface area is 129 Å². The summed E-state index contributed by atoms with van der Waals surface area (Å²) in [7, 11) is 0. The van der Waals surface area contributed by atoms with Crippen LogP contribution in [0.1, 0.15) is 18.5 Å². The second-order valence-electron chi connectivity index (χ2n) is 5.58. The highest BCUT2D eigenvalue weighted by Gasteiger charge is 2.21. The van der Waals surface area contributed by atoms with Crippen LogP contribution in [0.5, 0.6) is 5.75 Å². The van der Waals surface area contributed by atoms with Crippen molar-refractivity contribution in [3.8, 4) is 5.75 Å². The maximum Gasteiger partial charge on any atom is 0.225 e. The molecule has 5 nitrogen and oxygen atoms in total. The number of pyridine rings is 1. The first-order valence-corrected chi connectivity index (χ1v) is 7.48. The zero-order valence-corrected chi connectivity index (χ0v) is 12.6. The van der Waals surface area contributed by atoms with Crippen LogP contribution in [-0.4, -0.2) is 34.6 Å². The molecule has 0 spiro atoms. The average molecular weight is 302 g/mol. The molecule has 3 heterocycles. The van der Waals surface area contributed by atoms with Gasteiger partial charge < -0.3 is 9.64 Å². The number of aryl methyl sites for hydroxylation is 1. The van der Waals surface area contributed by atoms with E-state index in [0.29, 0.717) is 18.5 Å². The molecule has 1 fully saturated rings. The summed E-state index contributed by atoms with van der Waals surface area (Å²) in [6.45, 7) is 4.40. The van der Waals surface area contributed by atoms with Crippen LogP contribution in [0.2, 0.25) is 0 Å². The molecule has 0 radical (unpaired) electrons. The minimum atomic E-state index is -0.403. The number of piperidine rings is 1. The zero-order chi connectivity index (χ0) is 15.4. The third-order valence-corrected chi connectivity index (χ3v) is 3.86. The van der Waals surface area contributed by atoms with E-state index in [1.807, 2.05) is 19.1 Å². The van der Waals surface area contributed by atoms with Crippen molar-refractivity contribution in [2.75, 3.05) is 24.6 Å². The van der Waals surface area contributed by atoms with Crippen LogP contribution in [0.3, 0.4) is 0 Å². The number of hydrogen-bond donors (Lipinski definition) is 0. The largest absolute Gasteiger partial charge is 0.493 e. The quantitative estimate of drug-likeness (QED) is 0.869. The molecular weight excluding hydrogens is 283 g/mol. The molecule has 6 heteroatoms. The first-order valence-electron chi connectivity index (χ1n) is 7.48. The van der Waals surface area contributed by atoms with Crippen molar-refractivity contribution in [1.82, 2.24) is 15.0 Å². The molecule has 2 aromatic heterocycles. The Morgan fingerprint density at radius 2 is 1.95 bits per heavy atom. The lowest BCUT2D eigenvalue weighted by Crippen LogP contribution is -2.36. The van der Waals surface area contributed by atoms with E-state index in [1.165, 1.54) is 12.4 Å². The van der Waals surface area contributed by atoms with Gasteiger partial charge in [0.05, 0.1) is 19.0 Å². The molecule has 22 heavy (non-hydrogen) atoms. The number of nitrogens with zero attached hydrogens (tertiary/aromatic N) is 4. The van der Waals surface area contributed by atoms with Gasteiger partial charge in [-0.05, 0) is 31.7 Å². The Hall–Kier alpha value is -2.24. The van der Waals surface area contributed by atoms with E-state index in [9.17, 15) is 4.39 Å². The van der Waals surface area contributed by atoms with Gasteiger partial charge in [0.15, 0.2) is 5.82 Å². The van der Waals surface area contributed by atoms with E-state index in [-0.39, 0.29) is 0 Å². The predicted octanol–water partition coefficient (Wildman–Crippen LogP) is 2.61. The fraction of sp³-hybridized carbons (Fsp3) is 0.438. The molecule has 0 atom stereocenters. The standard InChI is InChI=1S/C16H19FN4O/c1-12-8-15(2-5-18-12)22-11-13-3-6-21(7-4-13)16-19-9-14(17)10-20-16/h2,5,8-10,13H,3-4,6-7,11H2,1H3. The highest BCUT2D eigenvalue weighted by molar-refractivity contribution is 5.29. The van der Waals surface area contributed by atoms with Crippen molar-refractivity contribution < 1.29 is 9.13 Å². The minimum absolute atomic E-state index is 0.403. The average Bonchev–Trinajstić information content (AvgIpc) is 2.54. The third-order valence-electron chi connectivity index (χ3n) is 3.86. The molecule has 0 bridgehead atoms. The van der Waals surface area contributed by atoms with Crippen molar-refractivity contribution >= 4 is 5.95 Å². The van der Waals surface area contributed by atoms with Crippen LogP contribution in [0, 0.1) is 18.7 Å². The summed E-state index contributed by atoms with van der Waals surface area (Å²) in [5.41, 5.74) is 0.959. The summed E-state index contributed by atoms with van der Waals surface area (Å²) < 4.78 is 18.7. The van der Waals surface area contributed by atoms with Gasteiger partial charge in [-0.3, -0.25) is 4.98 Å². The van der Waals surface area contributed by atoms with E-state index in [4.69, 9.17) is 4.74 Å². The van der Waals surface area contributed by atoms with Gasteiger partial charge in [0, 0.05) is 31.0 Å². The fourth-order valence-electron chi connectivity index (χ4n) is 2.59. The van der Waals surface area contributed by atoms with E-state index < -0.39 is 5.82 Å². The number of rotatable bonds is 4. The zero-order valence-electron chi connectivity index (χ0n) is 12.6. The molecule has 2 aromatic rings. The second kappa shape index (κ2) is 6.68. The maximum atomic E-state index is 12.8. The monoisotopic (exact) mass is 302 g/mol. The molecule has 0 N–H and O–H groups in total. The predicted molar refractivity (Wildman–Crippen MR) is 81.4 cm³/mol. The fourth-order valence-corrected chi connectivity index (χ4v) is 2.59. The first-order chi connectivity index (χ1) is 10.7. The van der Waals surface area contributed by atoms with Crippen LogP contribution in [0.25, 0.3) is 0 Å². The molecule has 0 aromatic carbocycles. The molecule has 0 aliphatic carbocycles. The minimum Gasteiger partial charge on any atom is -0.493 e. The van der Waals surface area contributed by atoms with Crippen molar-refractivity contribution in [2.24, 2.45) is 5.92 Å². The van der Waals surface area contributed by atoms with Crippen LogP contribution in [-0.2, 0) is 0 Å². The summed E-state index contributed by atoms with van der Waals surface area (Å²) in [4.78, 5) is 14.3. The van der Waals surface area contributed by atoms with Crippen molar-refractivity contribution in [3.63, 3.8) is 0 Å². The van der Waals surface area contributed by atoms with Gasteiger partial charge in [-0.2, -0.15) is 0 Å². The molecule has 3 rings (SSSR count). The Kier molecular flexibility index (Phi) is 4.46. The lowest BCUT2D eigenvalue weighted by Gasteiger charge is -2.31. The summed E-state index contributed by atoms with van der Waals surface area (Å²) in [6, 6.07) is 3.83. The highest BCUT2D eigenvalue weighted by atomic mass is 19.1. The molecule has 1 saturated heterocycles. The number of ether oxygens (including phenoxy) is 1. The molecule has 0 unspecified atom stereocenters. The van der Waals surface area contributed by atoms with E-state index >= 15 is 0 Å². The van der Waals surface area contributed by atoms with Gasteiger partial charge in [-0.15, -0.1) is 0 Å². The highest BCUT2D eigenvalue weighted by Crippen LogP contribution is 2.22. The Morgan fingerprint density at radius 3 is 2.64 bits per heavy atom. The van der Waals surface area contributed by atoms with Crippen LogP contribution < -0.4 is 9.64 Å². The topological polar surface area (TPSA) is 51.1 Å². The summed E-state index contributed by atoms with van der Waals surface area (Å²) >= 11 is 0. The van der Waals surface area contributed by atoms with Crippen molar-refractivity contribution in [2.45, 2.75) is 19.8 Å². The molecular formula is C16H19FN4O. The Morgan fingerprint density at radius 1 is 1.23 bits per heavy atom. The van der Waals surface area contributed by atoms with Gasteiger partial charge in [0.2, 0.25) is 5.95 Å². The maximum absolute atomic E-state index is 12.8. The lowest BCUT2D eigenvalue weighted by atomic mass is 9.98. The second-order valence-corrected chi connectivity index (χ2v) is 5.58. The lowest BCUT2D eigenvalue weighted by molar-refractivity contribution is 0.222. The van der Waals surface area contributed by atoms with Crippen LogP contribution in [0.4, 0.5) is 10.3 Å². The van der Waals surface area contributed by atoms with Gasteiger partial charge >= 0.3 is 0 Å². The Balaban J connectivity index is 1.48. The molecule has 116 valence electrons. The SMILES string of the molecule is Cc1cc(OCC2CCN(c3ncc(F)cn3)CC2)ccn1. The van der Waals surface area contributed by atoms with Gasteiger partial charge in [-0.25, -0.2) is 14.4 Å².